The summed E-state index contributed by atoms with van der Waals surface area (Å²) in [4.78, 5) is 13.5. The first-order valence-electron chi connectivity index (χ1n) is 5.66. The molecule has 1 N–H and O–H groups in total. The summed E-state index contributed by atoms with van der Waals surface area (Å²) >= 11 is 0. The number of rotatable bonds is 4. The third-order valence-electron chi connectivity index (χ3n) is 2.71. The van der Waals surface area contributed by atoms with Crippen LogP contribution in [0.15, 0.2) is 0 Å². The molecule has 1 fully saturated rings. The van der Waals surface area contributed by atoms with Crippen LogP contribution in [0.1, 0.15) is 32.6 Å². The standard InChI is InChI=1S/C11H21NO3/c1-9(13)6-7-12(2)11(14)10-5-3-4-8-15-10/h9-10,13H,3-8H2,1-2H3. The maximum atomic E-state index is 11.8. The van der Waals surface area contributed by atoms with Gasteiger partial charge in [-0.3, -0.25) is 4.79 Å². The molecule has 4 heteroatoms. The molecule has 0 radical (unpaired) electrons. The highest BCUT2D eigenvalue weighted by Gasteiger charge is 2.24. The second-order valence-electron chi connectivity index (χ2n) is 4.25. The van der Waals surface area contributed by atoms with Gasteiger partial charge in [0.1, 0.15) is 6.10 Å². The number of ether oxygens (including phenoxy) is 1. The number of nitrogens with zero attached hydrogens (tertiary/aromatic N) is 1. The molecule has 1 aliphatic heterocycles. The van der Waals surface area contributed by atoms with E-state index in [1.165, 1.54) is 0 Å². The Hall–Kier alpha value is -0.610. The van der Waals surface area contributed by atoms with E-state index in [9.17, 15) is 4.79 Å². The second kappa shape index (κ2) is 6.08. The first kappa shape index (κ1) is 12.5. The number of aliphatic hydroxyl groups is 1. The number of amides is 1. The van der Waals surface area contributed by atoms with Gasteiger partial charge in [0.05, 0.1) is 6.10 Å². The summed E-state index contributed by atoms with van der Waals surface area (Å²) in [5.74, 6) is 0.0513. The van der Waals surface area contributed by atoms with E-state index >= 15 is 0 Å². The van der Waals surface area contributed by atoms with Crippen molar-refractivity contribution in [2.75, 3.05) is 20.2 Å². The van der Waals surface area contributed by atoms with Gasteiger partial charge in [0.2, 0.25) is 0 Å². The molecule has 0 aromatic heterocycles. The van der Waals surface area contributed by atoms with Crippen molar-refractivity contribution in [3.8, 4) is 0 Å². The predicted molar refractivity (Wildman–Crippen MR) is 57.5 cm³/mol. The Kier molecular flexibility index (Phi) is 5.05. The van der Waals surface area contributed by atoms with E-state index in [2.05, 4.69) is 0 Å². The third kappa shape index (κ3) is 4.18. The molecular weight excluding hydrogens is 194 g/mol. The number of carbonyl (C=O) groups is 1. The van der Waals surface area contributed by atoms with Crippen LogP contribution in [0.2, 0.25) is 0 Å². The minimum Gasteiger partial charge on any atom is -0.393 e. The lowest BCUT2D eigenvalue weighted by Crippen LogP contribution is -2.40. The highest BCUT2D eigenvalue weighted by atomic mass is 16.5. The third-order valence-corrected chi connectivity index (χ3v) is 2.71. The fourth-order valence-electron chi connectivity index (χ4n) is 1.67. The number of aliphatic hydroxyl groups excluding tert-OH is 1. The normalized spacial score (nSPS) is 23.5. The number of carbonyl (C=O) groups excluding carboxylic acids is 1. The topological polar surface area (TPSA) is 49.8 Å². The van der Waals surface area contributed by atoms with Crippen LogP contribution in [0.5, 0.6) is 0 Å². The minimum absolute atomic E-state index is 0.0513. The van der Waals surface area contributed by atoms with Gasteiger partial charge in [0.25, 0.3) is 5.91 Å². The van der Waals surface area contributed by atoms with E-state index < -0.39 is 0 Å². The van der Waals surface area contributed by atoms with Crippen LogP contribution in [0.3, 0.4) is 0 Å². The Labute approximate surface area is 91.2 Å². The zero-order valence-corrected chi connectivity index (χ0v) is 9.61. The molecule has 0 spiro atoms. The van der Waals surface area contributed by atoms with E-state index in [0.29, 0.717) is 19.6 Å². The average Bonchev–Trinajstić information content (AvgIpc) is 2.26. The van der Waals surface area contributed by atoms with Crippen LogP contribution in [0.4, 0.5) is 0 Å². The summed E-state index contributed by atoms with van der Waals surface area (Å²) in [5, 5.41) is 9.12. The summed E-state index contributed by atoms with van der Waals surface area (Å²) < 4.78 is 5.41. The number of likely N-dealkylation sites (N-methyl/N-ethyl adjacent to an activating group) is 1. The van der Waals surface area contributed by atoms with Crippen molar-refractivity contribution in [3.05, 3.63) is 0 Å². The van der Waals surface area contributed by atoms with Gasteiger partial charge in [-0.15, -0.1) is 0 Å². The van der Waals surface area contributed by atoms with Crippen molar-refractivity contribution >= 4 is 5.91 Å². The van der Waals surface area contributed by atoms with Gasteiger partial charge in [0.15, 0.2) is 0 Å². The molecule has 4 nitrogen and oxygen atoms in total. The first-order valence-corrected chi connectivity index (χ1v) is 5.66. The fourth-order valence-corrected chi connectivity index (χ4v) is 1.67. The number of hydrogen-bond donors (Lipinski definition) is 1. The summed E-state index contributed by atoms with van der Waals surface area (Å²) in [6.45, 7) is 3.02. The first-order chi connectivity index (χ1) is 7.11. The van der Waals surface area contributed by atoms with Gasteiger partial charge in [-0.05, 0) is 32.6 Å². The van der Waals surface area contributed by atoms with Crippen LogP contribution in [-0.4, -0.2) is 48.3 Å². The molecule has 1 aliphatic rings. The van der Waals surface area contributed by atoms with Crippen LogP contribution in [0, 0.1) is 0 Å². The Morgan fingerprint density at radius 2 is 2.33 bits per heavy atom. The van der Waals surface area contributed by atoms with Gasteiger partial charge in [-0.1, -0.05) is 0 Å². The quantitative estimate of drug-likeness (QED) is 0.754. The van der Waals surface area contributed by atoms with Crippen molar-refractivity contribution in [2.45, 2.75) is 44.8 Å². The molecule has 0 aromatic rings. The molecular formula is C11H21NO3. The molecule has 88 valence electrons. The van der Waals surface area contributed by atoms with E-state index in [4.69, 9.17) is 9.84 Å². The predicted octanol–water partition coefficient (Wildman–Crippen LogP) is 0.785. The summed E-state index contributed by atoms with van der Waals surface area (Å²) in [6.07, 6.45) is 2.97. The summed E-state index contributed by atoms with van der Waals surface area (Å²) in [7, 11) is 1.77. The molecule has 1 amide bonds. The van der Waals surface area contributed by atoms with Crippen molar-refractivity contribution < 1.29 is 14.6 Å². The smallest absolute Gasteiger partial charge is 0.251 e. The Bertz CT molecular complexity index is 200. The number of hydrogen-bond acceptors (Lipinski definition) is 3. The maximum absolute atomic E-state index is 11.8. The van der Waals surface area contributed by atoms with Gasteiger partial charge in [0, 0.05) is 20.2 Å². The van der Waals surface area contributed by atoms with Crippen molar-refractivity contribution in [1.29, 1.82) is 0 Å². The van der Waals surface area contributed by atoms with Crippen LogP contribution in [0.25, 0.3) is 0 Å². The van der Waals surface area contributed by atoms with E-state index in [1.807, 2.05) is 0 Å². The zero-order valence-electron chi connectivity index (χ0n) is 9.61. The Morgan fingerprint density at radius 3 is 2.87 bits per heavy atom. The maximum Gasteiger partial charge on any atom is 0.251 e. The van der Waals surface area contributed by atoms with Crippen LogP contribution >= 0.6 is 0 Å². The van der Waals surface area contributed by atoms with Gasteiger partial charge < -0.3 is 14.7 Å². The molecule has 0 aromatic carbocycles. The van der Waals surface area contributed by atoms with E-state index in [1.54, 1.807) is 18.9 Å². The molecule has 0 bridgehead atoms. The minimum atomic E-state index is -0.354. The van der Waals surface area contributed by atoms with Crippen molar-refractivity contribution in [2.24, 2.45) is 0 Å². The molecule has 0 aliphatic carbocycles. The largest absolute Gasteiger partial charge is 0.393 e. The highest BCUT2D eigenvalue weighted by Crippen LogP contribution is 2.14. The monoisotopic (exact) mass is 215 g/mol. The van der Waals surface area contributed by atoms with Crippen LogP contribution in [-0.2, 0) is 9.53 Å². The van der Waals surface area contributed by atoms with Gasteiger partial charge >= 0.3 is 0 Å². The van der Waals surface area contributed by atoms with E-state index in [-0.39, 0.29) is 18.1 Å². The zero-order chi connectivity index (χ0) is 11.3. The van der Waals surface area contributed by atoms with E-state index in [0.717, 1.165) is 19.3 Å². The molecule has 2 unspecified atom stereocenters. The summed E-state index contributed by atoms with van der Waals surface area (Å²) in [6, 6.07) is 0. The van der Waals surface area contributed by atoms with Gasteiger partial charge in [-0.2, -0.15) is 0 Å². The van der Waals surface area contributed by atoms with Crippen molar-refractivity contribution in [1.82, 2.24) is 4.90 Å². The highest BCUT2D eigenvalue weighted by molar-refractivity contribution is 5.80. The average molecular weight is 215 g/mol. The molecule has 1 saturated heterocycles. The Morgan fingerprint density at radius 1 is 1.60 bits per heavy atom. The lowest BCUT2D eigenvalue weighted by atomic mass is 10.1. The van der Waals surface area contributed by atoms with Crippen molar-refractivity contribution in [3.63, 3.8) is 0 Å². The van der Waals surface area contributed by atoms with Crippen LogP contribution < -0.4 is 0 Å². The fraction of sp³-hybridized carbons (Fsp3) is 0.909. The molecule has 15 heavy (non-hydrogen) atoms. The lowest BCUT2D eigenvalue weighted by Gasteiger charge is -2.27. The molecule has 0 saturated carbocycles. The molecule has 1 heterocycles. The molecule has 2 atom stereocenters. The Balaban J connectivity index is 2.30. The SMILES string of the molecule is CC(O)CCN(C)C(=O)C1CCCCO1. The lowest BCUT2D eigenvalue weighted by molar-refractivity contribution is -0.145. The molecule has 1 rings (SSSR count). The summed E-state index contributed by atoms with van der Waals surface area (Å²) in [5.41, 5.74) is 0. The second-order valence-corrected chi connectivity index (χ2v) is 4.25. The van der Waals surface area contributed by atoms with Gasteiger partial charge in [-0.25, -0.2) is 0 Å².